The number of fused-ring (bicyclic) bond motifs is 1. The maximum atomic E-state index is 9.15. The third-order valence-electron chi connectivity index (χ3n) is 2.95. The number of nitrogens with zero attached hydrogens (tertiary/aromatic N) is 3. The number of nitriles is 1. The Balaban J connectivity index is 2.39. The predicted molar refractivity (Wildman–Crippen MR) is 74.7 cm³/mol. The first kappa shape index (κ1) is 11.6. The molecule has 0 aliphatic heterocycles. The number of hydrogen-bond acceptors (Lipinski definition) is 3. The molecule has 3 aromatic rings. The van der Waals surface area contributed by atoms with Gasteiger partial charge in [0.15, 0.2) is 5.15 Å². The fourth-order valence-electron chi connectivity index (χ4n) is 2.10. The monoisotopic (exact) mass is 265 g/mol. The molecule has 0 aliphatic rings. The van der Waals surface area contributed by atoms with Gasteiger partial charge in [0.05, 0.1) is 11.6 Å². The zero-order valence-corrected chi connectivity index (χ0v) is 10.6. The summed E-state index contributed by atoms with van der Waals surface area (Å²) in [4.78, 5) is 8.32. The van der Waals surface area contributed by atoms with Crippen LogP contribution >= 0.6 is 11.6 Å². The van der Waals surface area contributed by atoms with Crippen LogP contribution in [0.25, 0.3) is 22.0 Å². The van der Waals surface area contributed by atoms with Crippen LogP contribution in [0.5, 0.6) is 0 Å². The fourth-order valence-corrected chi connectivity index (χ4v) is 2.31. The van der Waals surface area contributed by atoms with E-state index in [1.165, 1.54) is 0 Å². The first-order chi connectivity index (χ1) is 9.31. The molecule has 19 heavy (non-hydrogen) atoms. The van der Waals surface area contributed by atoms with Crippen LogP contribution in [0.4, 0.5) is 0 Å². The molecular weight excluding hydrogens is 258 g/mol. The van der Waals surface area contributed by atoms with Crippen molar-refractivity contribution in [3.05, 3.63) is 59.5 Å². The Morgan fingerprint density at radius 3 is 2.42 bits per heavy atom. The summed E-state index contributed by atoms with van der Waals surface area (Å²) < 4.78 is 0. The lowest BCUT2D eigenvalue weighted by atomic mass is 9.98. The highest BCUT2D eigenvalue weighted by Gasteiger charge is 2.11. The van der Waals surface area contributed by atoms with Crippen molar-refractivity contribution < 1.29 is 0 Å². The van der Waals surface area contributed by atoms with Crippen molar-refractivity contribution in [1.29, 1.82) is 5.26 Å². The van der Waals surface area contributed by atoms with Crippen LogP contribution in [-0.4, -0.2) is 9.97 Å². The van der Waals surface area contributed by atoms with Crippen LogP contribution in [0, 0.1) is 11.3 Å². The molecule has 0 atom stereocenters. The molecule has 3 rings (SSSR count). The van der Waals surface area contributed by atoms with E-state index >= 15 is 0 Å². The Morgan fingerprint density at radius 1 is 0.947 bits per heavy atom. The van der Waals surface area contributed by atoms with Crippen molar-refractivity contribution in [2.24, 2.45) is 0 Å². The van der Waals surface area contributed by atoms with E-state index in [0.29, 0.717) is 16.4 Å². The highest BCUT2D eigenvalue weighted by molar-refractivity contribution is 6.32. The second-order valence-electron chi connectivity index (χ2n) is 4.01. The summed E-state index contributed by atoms with van der Waals surface area (Å²) in [7, 11) is 0. The molecular formula is C15H8ClN3. The quantitative estimate of drug-likeness (QED) is 0.672. The lowest BCUT2D eigenvalue weighted by Crippen LogP contribution is -1.90. The molecule has 0 fully saturated rings. The molecule has 3 nitrogen and oxygen atoms in total. The van der Waals surface area contributed by atoms with E-state index in [1.807, 2.05) is 30.3 Å². The Labute approximate surface area is 115 Å². The summed E-state index contributed by atoms with van der Waals surface area (Å²) >= 11 is 6.09. The molecule has 1 heterocycles. The summed E-state index contributed by atoms with van der Waals surface area (Å²) in [6.45, 7) is 0. The number of aromatic nitrogens is 2. The van der Waals surface area contributed by atoms with Gasteiger partial charge >= 0.3 is 0 Å². The summed E-state index contributed by atoms with van der Waals surface area (Å²) in [5.41, 5.74) is 2.15. The smallest absolute Gasteiger partial charge is 0.155 e. The van der Waals surface area contributed by atoms with Crippen LogP contribution in [0.1, 0.15) is 5.56 Å². The van der Waals surface area contributed by atoms with Crippen molar-refractivity contribution in [3.63, 3.8) is 0 Å². The van der Waals surface area contributed by atoms with E-state index in [-0.39, 0.29) is 0 Å². The topological polar surface area (TPSA) is 49.6 Å². The molecule has 0 N–H and O–H groups in total. The van der Waals surface area contributed by atoms with Crippen molar-refractivity contribution in [1.82, 2.24) is 9.97 Å². The van der Waals surface area contributed by atoms with E-state index in [0.717, 1.165) is 16.3 Å². The van der Waals surface area contributed by atoms with Crippen LogP contribution in [0.2, 0.25) is 5.15 Å². The summed E-state index contributed by atoms with van der Waals surface area (Å²) in [5, 5.41) is 11.3. The standard InChI is InChI=1S/C15H8ClN3/c16-15-14(18-7-8-19-15)13-6-5-10(9-17)11-3-1-2-4-12(11)13/h1-8H. The van der Waals surface area contributed by atoms with Gasteiger partial charge in [-0.15, -0.1) is 0 Å². The molecule has 0 amide bonds. The number of hydrogen-bond donors (Lipinski definition) is 0. The van der Waals surface area contributed by atoms with Crippen LogP contribution in [-0.2, 0) is 0 Å². The lowest BCUT2D eigenvalue weighted by Gasteiger charge is -2.08. The third-order valence-corrected chi connectivity index (χ3v) is 3.23. The van der Waals surface area contributed by atoms with E-state index in [4.69, 9.17) is 16.9 Å². The average Bonchev–Trinajstić information content (AvgIpc) is 2.47. The summed E-state index contributed by atoms with van der Waals surface area (Å²) in [5.74, 6) is 0. The van der Waals surface area contributed by atoms with Gasteiger partial charge in [0, 0.05) is 23.3 Å². The lowest BCUT2D eigenvalue weighted by molar-refractivity contribution is 1.21. The Hall–Kier alpha value is -2.44. The molecule has 1 aromatic heterocycles. The molecule has 4 heteroatoms. The molecule has 0 radical (unpaired) electrons. The van der Waals surface area contributed by atoms with Crippen molar-refractivity contribution >= 4 is 22.4 Å². The zero-order valence-electron chi connectivity index (χ0n) is 9.84. The van der Waals surface area contributed by atoms with E-state index in [2.05, 4.69) is 16.0 Å². The van der Waals surface area contributed by atoms with Crippen LogP contribution < -0.4 is 0 Å². The maximum absolute atomic E-state index is 9.15. The first-order valence-corrected chi connectivity index (χ1v) is 6.08. The second-order valence-corrected chi connectivity index (χ2v) is 4.37. The molecule has 90 valence electrons. The van der Waals surface area contributed by atoms with Gasteiger partial charge in [-0.1, -0.05) is 41.9 Å². The molecule has 0 unspecified atom stereocenters. The van der Waals surface area contributed by atoms with Gasteiger partial charge in [-0.25, -0.2) is 4.98 Å². The van der Waals surface area contributed by atoms with Gasteiger partial charge in [-0.3, -0.25) is 4.98 Å². The second kappa shape index (κ2) is 4.68. The number of halogens is 1. The van der Waals surface area contributed by atoms with Gasteiger partial charge < -0.3 is 0 Å². The highest BCUT2D eigenvalue weighted by Crippen LogP contribution is 2.32. The van der Waals surface area contributed by atoms with Gasteiger partial charge in [-0.05, 0) is 11.5 Å². The van der Waals surface area contributed by atoms with Crippen LogP contribution in [0.3, 0.4) is 0 Å². The van der Waals surface area contributed by atoms with Crippen molar-refractivity contribution in [2.45, 2.75) is 0 Å². The highest BCUT2D eigenvalue weighted by atomic mass is 35.5. The fraction of sp³-hybridized carbons (Fsp3) is 0. The maximum Gasteiger partial charge on any atom is 0.155 e. The molecule has 2 aromatic carbocycles. The molecule has 0 aliphatic carbocycles. The Kier molecular flexibility index (Phi) is 2.86. The first-order valence-electron chi connectivity index (χ1n) is 5.70. The van der Waals surface area contributed by atoms with E-state index in [1.54, 1.807) is 18.5 Å². The van der Waals surface area contributed by atoms with Crippen molar-refractivity contribution in [2.75, 3.05) is 0 Å². The molecule has 0 saturated carbocycles. The Bertz CT molecular complexity index is 806. The van der Waals surface area contributed by atoms with Gasteiger partial charge in [-0.2, -0.15) is 5.26 Å². The largest absolute Gasteiger partial charge is 0.251 e. The molecule has 0 saturated heterocycles. The van der Waals surface area contributed by atoms with Crippen molar-refractivity contribution in [3.8, 4) is 17.3 Å². The molecule has 0 bridgehead atoms. The minimum atomic E-state index is 0.359. The minimum Gasteiger partial charge on any atom is -0.251 e. The Morgan fingerprint density at radius 2 is 1.68 bits per heavy atom. The van der Waals surface area contributed by atoms with E-state index in [9.17, 15) is 0 Å². The number of rotatable bonds is 1. The van der Waals surface area contributed by atoms with Crippen LogP contribution in [0.15, 0.2) is 48.8 Å². The molecule has 0 spiro atoms. The number of benzene rings is 2. The summed E-state index contributed by atoms with van der Waals surface area (Å²) in [6, 6.07) is 13.5. The van der Waals surface area contributed by atoms with Gasteiger partial charge in [0.2, 0.25) is 0 Å². The zero-order chi connectivity index (χ0) is 13.2. The summed E-state index contributed by atoms with van der Waals surface area (Å²) in [6.07, 6.45) is 3.16. The average molecular weight is 266 g/mol. The third kappa shape index (κ3) is 1.92. The van der Waals surface area contributed by atoms with Gasteiger partial charge in [0.1, 0.15) is 5.69 Å². The van der Waals surface area contributed by atoms with Gasteiger partial charge in [0.25, 0.3) is 0 Å². The normalized spacial score (nSPS) is 10.3. The SMILES string of the molecule is N#Cc1ccc(-c2nccnc2Cl)c2ccccc12. The predicted octanol–water partition coefficient (Wildman–Crippen LogP) is 3.82. The van der Waals surface area contributed by atoms with E-state index < -0.39 is 0 Å². The minimum absolute atomic E-state index is 0.359.